The van der Waals surface area contributed by atoms with Crippen molar-refractivity contribution in [3.8, 4) is 11.5 Å². The average molecular weight is 575 g/mol. The van der Waals surface area contributed by atoms with Gasteiger partial charge in [0.1, 0.15) is 12.1 Å². The van der Waals surface area contributed by atoms with Crippen LogP contribution in [-0.4, -0.2) is 54.4 Å². The maximum atomic E-state index is 12.6. The zero-order chi connectivity index (χ0) is 26.3. The van der Waals surface area contributed by atoms with Crippen LogP contribution in [0.2, 0.25) is 0 Å². The summed E-state index contributed by atoms with van der Waals surface area (Å²) in [6.07, 6.45) is -3.10. The van der Waals surface area contributed by atoms with Gasteiger partial charge in [0, 0.05) is 13.3 Å². The van der Waals surface area contributed by atoms with E-state index >= 15 is 0 Å². The summed E-state index contributed by atoms with van der Waals surface area (Å²) in [5, 5.41) is 2.39. The number of benzene rings is 1. The largest absolute Gasteiger partial charge is 0.461 e. The van der Waals surface area contributed by atoms with Crippen molar-refractivity contribution >= 4 is 47.0 Å². The first-order valence-electron chi connectivity index (χ1n) is 11.0. The zero-order valence-corrected chi connectivity index (χ0v) is 22.3. The van der Waals surface area contributed by atoms with Gasteiger partial charge in [-0.1, -0.05) is 19.9 Å². The molecule has 1 aromatic carbocycles. The Morgan fingerprint density at radius 2 is 1.67 bits per heavy atom. The third-order valence-electron chi connectivity index (χ3n) is 4.53. The lowest BCUT2D eigenvalue weighted by molar-refractivity contribution is -0.169. The normalized spacial score (nSPS) is 16.7. The van der Waals surface area contributed by atoms with Gasteiger partial charge in [-0.05, 0) is 31.5 Å². The second-order valence-corrected chi connectivity index (χ2v) is 8.44. The molecule has 0 radical (unpaired) electrons. The third-order valence-corrected chi connectivity index (χ3v) is 4.53. The number of fused-ring (bicyclic) bond motifs is 1. The molecule has 0 saturated carbocycles. The molecule has 2 unspecified atom stereocenters. The van der Waals surface area contributed by atoms with Gasteiger partial charge in [0.2, 0.25) is 6.29 Å². The molecule has 0 fully saturated rings. The summed E-state index contributed by atoms with van der Waals surface area (Å²) in [7, 11) is 0. The molecule has 1 aromatic rings. The van der Waals surface area contributed by atoms with Crippen molar-refractivity contribution in [1.82, 2.24) is 5.32 Å². The van der Waals surface area contributed by atoms with Crippen molar-refractivity contribution in [3.05, 3.63) is 23.8 Å². The molecular formula is C23H31BrN2O10. The standard InChI is InChI=1S/C23H30N2O10.BrH/c1-11(2)20(27)32-13(5)33-23(30)25-16(22(29)31-12(3)4)8-14-6-7-17-18(9-14)35-21(28)15(24)10-19(26)34-17;/h6-7,9,11-13,15-16H,8,10,24H2,1-5H3,(H,25,30);1H/t13?,15?,16-;/m0./s1. The molecule has 3 atom stereocenters. The Balaban J connectivity index is 0.00000648. The molecule has 0 bridgehead atoms. The van der Waals surface area contributed by atoms with E-state index in [1.54, 1.807) is 27.7 Å². The fourth-order valence-corrected chi connectivity index (χ4v) is 2.85. The quantitative estimate of drug-likeness (QED) is 0.264. The van der Waals surface area contributed by atoms with E-state index in [1.165, 1.54) is 25.1 Å². The molecule has 0 aliphatic carbocycles. The maximum absolute atomic E-state index is 12.6. The second-order valence-electron chi connectivity index (χ2n) is 8.44. The second kappa shape index (κ2) is 13.8. The Kier molecular flexibility index (Phi) is 11.8. The number of esters is 4. The van der Waals surface area contributed by atoms with E-state index in [0.29, 0.717) is 5.56 Å². The van der Waals surface area contributed by atoms with Gasteiger partial charge in [0.25, 0.3) is 0 Å². The topological polar surface area (TPSA) is 170 Å². The molecular weight excluding hydrogens is 544 g/mol. The van der Waals surface area contributed by atoms with Crippen LogP contribution in [0.4, 0.5) is 4.79 Å². The average Bonchev–Trinajstić information content (AvgIpc) is 2.73. The summed E-state index contributed by atoms with van der Waals surface area (Å²) >= 11 is 0. The number of hydrogen-bond donors (Lipinski definition) is 2. The van der Waals surface area contributed by atoms with Crippen LogP contribution in [0.3, 0.4) is 0 Å². The Hall–Kier alpha value is -3.19. The van der Waals surface area contributed by atoms with E-state index in [4.69, 9.17) is 29.4 Å². The fraction of sp³-hybridized carbons (Fsp3) is 0.522. The monoisotopic (exact) mass is 574 g/mol. The molecule has 2 rings (SSSR count). The lowest BCUT2D eigenvalue weighted by Crippen LogP contribution is -2.45. The summed E-state index contributed by atoms with van der Waals surface area (Å²) in [6.45, 7) is 7.89. The number of nitrogens with two attached hydrogens (primary N) is 1. The summed E-state index contributed by atoms with van der Waals surface area (Å²) in [5.41, 5.74) is 6.05. The molecule has 1 aliphatic heterocycles. The summed E-state index contributed by atoms with van der Waals surface area (Å²) in [6, 6.07) is 1.91. The molecule has 36 heavy (non-hydrogen) atoms. The van der Waals surface area contributed by atoms with E-state index < -0.39 is 60.4 Å². The Labute approximate surface area is 218 Å². The molecule has 0 spiro atoms. The Morgan fingerprint density at radius 1 is 1.00 bits per heavy atom. The van der Waals surface area contributed by atoms with E-state index in [9.17, 15) is 24.0 Å². The van der Waals surface area contributed by atoms with Crippen LogP contribution in [0.1, 0.15) is 46.6 Å². The summed E-state index contributed by atoms with van der Waals surface area (Å²) in [5.74, 6) is -3.30. The number of halogens is 1. The molecule has 0 saturated heterocycles. The van der Waals surface area contributed by atoms with Crippen molar-refractivity contribution in [2.24, 2.45) is 11.7 Å². The summed E-state index contributed by atoms with van der Waals surface area (Å²) in [4.78, 5) is 60.6. The lowest BCUT2D eigenvalue weighted by atomic mass is 10.0. The molecule has 1 heterocycles. The highest BCUT2D eigenvalue weighted by Gasteiger charge is 2.29. The predicted molar refractivity (Wildman–Crippen MR) is 129 cm³/mol. The number of alkyl carbamates (subject to hydrolysis) is 1. The highest BCUT2D eigenvalue weighted by atomic mass is 79.9. The van der Waals surface area contributed by atoms with E-state index in [-0.39, 0.29) is 41.3 Å². The van der Waals surface area contributed by atoms with Crippen LogP contribution in [0.15, 0.2) is 18.2 Å². The van der Waals surface area contributed by atoms with Crippen LogP contribution in [-0.2, 0) is 39.8 Å². The van der Waals surface area contributed by atoms with Crippen LogP contribution in [0.5, 0.6) is 11.5 Å². The Morgan fingerprint density at radius 3 is 2.28 bits per heavy atom. The first kappa shape index (κ1) is 30.8. The molecule has 1 amide bonds. The van der Waals surface area contributed by atoms with Gasteiger partial charge in [-0.3, -0.25) is 9.59 Å². The minimum Gasteiger partial charge on any atom is -0.461 e. The molecule has 0 aromatic heterocycles. The minimum absolute atomic E-state index is 0. The minimum atomic E-state index is -1.20. The molecule has 1 aliphatic rings. The van der Waals surface area contributed by atoms with Crippen molar-refractivity contribution in [2.45, 2.75) is 71.9 Å². The number of carbonyl (C=O) groups excluding carboxylic acids is 5. The highest BCUT2D eigenvalue weighted by Crippen LogP contribution is 2.31. The smallest absolute Gasteiger partial charge is 0.410 e. The van der Waals surface area contributed by atoms with Crippen molar-refractivity contribution in [2.75, 3.05) is 0 Å². The number of ether oxygens (including phenoxy) is 5. The van der Waals surface area contributed by atoms with Gasteiger partial charge in [-0.15, -0.1) is 17.0 Å². The lowest BCUT2D eigenvalue weighted by Gasteiger charge is -2.22. The third kappa shape index (κ3) is 9.46. The number of rotatable bonds is 8. The van der Waals surface area contributed by atoms with Gasteiger partial charge in [-0.25, -0.2) is 14.4 Å². The highest BCUT2D eigenvalue weighted by molar-refractivity contribution is 8.93. The maximum Gasteiger partial charge on any atom is 0.410 e. The Bertz CT molecular complexity index is 982. The predicted octanol–water partition coefficient (Wildman–Crippen LogP) is 1.94. The van der Waals surface area contributed by atoms with Crippen molar-refractivity contribution in [1.29, 1.82) is 0 Å². The van der Waals surface area contributed by atoms with Crippen molar-refractivity contribution < 1.29 is 47.7 Å². The van der Waals surface area contributed by atoms with Gasteiger partial charge in [0.15, 0.2) is 11.5 Å². The number of amides is 1. The number of hydrogen-bond acceptors (Lipinski definition) is 11. The fourth-order valence-electron chi connectivity index (χ4n) is 2.85. The molecule has 200 valence electrons. The first-order valence-corrected chi connectivity index (χ1v) is 11.0. The molecule has 12 nitrogen and oxygen atoms in total. The van der Waals surface area contributed by atoms with Gasteiger partial charge in [-0.2, -0.15) is 0 Å². The molecule has 3 N–H and O–H groups in total. The van der Waals surface area contributed by atoms with Crippen molar-refractivity contribution in [3.63, 3.8) is 0 Å². The number of carbonyl (C=O) groups is 5. The molecule has 13 heteroatoms. The number of nitrogens with one attached hydrogen (secondary N) is 1. The van der Waals surface area contributed by atoms with Crippen LogP contribution < -0.4 is 20.5 Å². The van der Waals surface area contributed by atoms with Crippen LogP contribution in [0, 0.1) is 5.92 Å². The van der Waals surface area contributed by atoms with Crippen LogP contribution in [0.25, 0.3) is 0 Å². The van der Waals surface area contributed by atoms with Gasteiger partial charge in [0.05, 0.1) is 18.4 Å². The van der Waals surface area contributed by atoms with E-state index in [2.05, 4.69) is 5.32 Å². The SMILES string of the molecule is Br.CC(C)OC(=O)[C@H](Cc1ccc2c(c1)OC(=O)C(N)CC(=O)O2)NC(=O)OC(C)OC(=O)C(C)C. The van der Waals surface area contributed by atoms with Crippen LogP contribution >= 0.6 is 17.0 Å². The first-order chi connectivity index (χ1) is 16.3. The summed E-state index contributed by atoms with van der Waals surface area (Å²) < 4.78 is 25.6. The van der Waals surface area contributed by atoms with Gasteiger partial charge >= 0.3 is 30.0 Å². The zero-order valence-electron chi connectivity index (χ0n) is 20.6. The van der Waals surface area contributed by atoms with E-state index in [1.807, 2.05) is 0 Å². The van der Waals surface area contributed by atoms with Gasteiger partial charge < -0.3 is 34.7 Å². The van der Waals surface area contributed by atoms with E-state index in [0.717, 1.165) is 0 Å².